The average molecular weight is 1100 g/mol. The molecule has 6 nitrogen and oxygen atoms in total. The predicted octanol–water partition coefficient (Wildman–Crippen LogP) is 23.2. The third-order valence-corrected chi connectivity index (χ3v) is 14.6. The molecule has 454 valence electrons. The molecule has 0 aliphatic rings. The molecule has 0 heterocycles. The first-order valence-electron chi connectivity index (χ1n) is 33.7. The van der Waals surface area contributed by atoms with Crippen molar-refractivity contribution in [3.05, 3.63) is 97.2 Å². The summed E-state index contributed by atoms with van der Waals surface area (Å²) in [5, 5.41) is 0. The molecule has 0 aromatic rings. The molecule has 0 saturated carbocycles. The lowest BCUT2D eigenvalue weighted by molar-refractivity contribution is -0.167. The van der Waals surface area contributed by atoms with Gasteiger partial charge in [0.25, 0.3) is 0 Å². The summed E-state index contributed by atoms with van der Waals surface area (Å²) in [6.07, 6.45) is 90.1. The van der Waals surface area contributed by atoms with E-state index in [9.17, 15) is 14.4 Å². The Hall–Kier alpha value is -3.67. The summed E-state index contributed by atoms with van der Waals surface area (Å²) in [4.78, 5) is 38.2. The SMILES string of the molecule is CC/C=C\C/C=C\C/C=C\C/C=C\C/C=C\C/C=C\CCCCCCC(=O)OC(COC(=O)CCCCCCCCCCC)COC(=O)CCCCCCCCCCCCCCCCCCC/C=C\C/C=C\CCCCCCC. The maximum Gasteiger partial charge on any atom is 0.306 e. The number of carbonyl (C=O) groups excluding carboxylic acids is 3. The molecule has 0 radical (unpaired) electrons. The van der Waals surface area contributed by atoms with Gasteiger partial charge in [0.05, 0.1) is 0 Å². The van der Waals surface area contributed by atoms with E-state index in [2.05, 4.69) is 118 Å². The number of unbranched alkanes of at least 4 members (excludes halogenated alkanes) is 34. The summed E-state index contributed by atoms with van der Waals surface area (Å²) in [5.41, 5.74) is 0. The number of allylic oxidation sites excluding steroid dienone is 16. The second kappa shape index (κ2) is 66.8. The highest BCUT2D eigenvalue weighted by Gasteiger charge is 2.19. The third-order valence-electron chi connectivity index (χ3n) is 14.6. The number of ether oxygens (including phenoxy) is 3. The molecule has 0 aliphatic carbocycles. The summed E-state index contributed by atoms with van der Waals surface area (Å²) in [6.45, 7) is 6.50. The fourth-order valence-electron chi connectivity index (χ4n) is 9.54. The van der Waals surface area contributed by atoms with Gasteiger partial charge in [-0.15, -0.1) is 0 Å². The first kappa shape index (κ1) is 75.3. The van der Waals surface area contributed by atoms with Crippen LogP contribution in [0.1, 0.15) is 329 Å². The molecular weight excluding hydrogens is 973 g/mol. The fourth-order valence-corrected chi connectivity index (χ4v) is 9.54. The van der Waals surface area contributed by atoms with Crippen LogP contribution in [-0.2, 0) is 28.6 Å². The van der Waals surface area contributed by atoms with Crippen LogP contribution in [0, 0.1) is 0 Å². The van der Waals surface area contributed by atoms with Crippen molar-refractivity contribution in [1.82, 2.24) is 0 Å². The van der Waals surface area contributed by atoms with E-state index >= 15 is 0 Å². The molecule has 0 bridgehead atoms. The predicted molar refractivity (Wildman–Crippen MR) is 344 cm³/mol. The topological polar surface area (TPSA) is 78.9 Å². The van der Waals surface area contributed by atoms with E-state index in [0.717, 1.165) is 116 Å². The summed E-state index contributed by atoms with van der Waals surface area (Å²) in [6, 6.07) is 0. The van der Waals surface area contributed by atoms with Crippen LogP contribution >= 0.6 is 0 Å². The standard InChI is InChI=1S/C73H126O6/c1-4-7-10-13-16-19-21-23-25-27-29-31-33-34-35-36-37-38-40-41-43-45-47-49-51-54-57-60-63-66-72(75)78-69-70(68-77-71(74)65-62-59-56-53-18-15-12-9-6-3)79-73(76)67-64-61-58-55-52-50-48-46-44-42-39-32-30-28-26-24-22-20-17-14-11-8-5-2/h8,11,17,20-21,23-24,26-27,29-30,32,42,44,48,50,70H,4-7,9-10,12-16,18-19,22,25,28,31,33-41,43,45-47,49,51-69H2,1-3H3/b11-8-,20-17-,23-21-,26-24-,29-27-,32-30-,44-42-,50-48-. The van der Waals surface area contributed by atoms with Crippen LogP contribution in [0.5, 0.6) is 0 Å². The molecule has 0 aromatic carbocycles. The Labute approximate surface area is 489 Å². The quantitative estimate of drug-likeness (QED) is 0.0261. The lowest BCUT2D eigenvalue weighted by atomic mass is 10.0. The summed E-state index contributed by atoms with van der Waals surface area (Å²) >= 11 is 0. The Morgan fingerprint density at radius 3 is 0.772 bits per heavy atom. The third kappa shape index (κ3) is 65.0. The first-order chi connectivity index (χ1) is 39.0. The summed E-state index contributed by atoms with van der Waals surface area (Å²) in [5.74, 6) is -0.901. The van der Waals surface area contributed by atoms with Crippen molar-refractivity contribution >= 4 is 17.9 Å². The Kier molecular flexibility index (Phi) is 63.7. The molecule has 0 aliphatic heterocycles. The Morgan fingerprint density at radius 1 is 0.266 bits per heavy atom. The maximum atomic E-state index is 12.9. The van der Waals surface area contributed by atoms with Crippen LogP contribution in [0.4, 0.5) is 0 Å². The Bertz CT molecular complexity index is 1540. The minimum atomic E-state index is -0.790. The van der Waals surface area contributed by atoms with Crippen molar-refractivity contribution < 1.29 is 28.6 Å². The molecule has 1 unspecified atom stereocenters. The molecule has 0 spiro atoms. The van der Waals surface area contributed by atoms with Gasteiger partial charge in [0, 0.05) is 19.3 Å². The van der Waals surface area contributed by atoms with E-state index in [1.165, 1.54) is 173 Å². The van der Waals surface area contributed by atoms with Gasteiger partial charge in [-0.1, -0.05) is 304 Å². The van der Waals surface area contributed by atoms with Crippen molar-refractivity contribution in [2.45, 2.75) is 335 Å². The van der Waals surface area contributed by atoms with E-state index in [4.69, 9.17) is 14.2 Å². The van der Waals surface area contributed by atoms with E-state index in [-0.39, 0.29) is 31.1 Å². The van der Waals surface area contributed by atoms with Crippen molar-refractivity contribution in [3.63, 3.8) is 0 Å². The van der Waals surface area contributed by atoms with Gasteiger partial charge in [-0.05, 0) is 103 Å². The minimum absolute atomic E-state index is 0.0852. The van der Waals surface area contributed by atoms with Gasteiger partial charge < -0.3 is 14.2 Å². The lowest BCUT2D eigenvalue weighted by Gasteiger charge is -2.18. The molecule has 6 heteroatoms. The van der Waals surface area contributed by atoms with Crippen LogP contribution in [-0.4, -0.2) is 37.2 Å². The van der Waals surface area contributed by atoms with Gasteiger partial charge in [0.1, 0.15) is 13.2 Å². The molecular formula is C73H126O6. The minimum Gasteiger partial charge on any atom is -0.462 e. The average Bonchev–Trinajstić information content (AvgIpc) is 3.45. The number of rotatable bonds is 61. The second-order valence-electron chi connectivity index (χ2n) is 22.4. The first-order valence-corrected chi connectivity index (χ1v) is 33.7. The highest BCUT2D eigenvalue weighted by atomic mass is 16.6. The smallest absolute Gasteiger partial charge is 0.306 e. The van der Waals surface area contributed by atoms with E-state index in [1.54, 1.807) is 0 Å². The van der Waals surface area contributed by atoms with Gasteiger partial charge in [-0.2, -0.15) is 0 Å². The number of hydrogen-bond acceptors (Lipinski definition) is 6. The van der Waals surface area contributed by atoms with Gasteiger partial charge in [-0.3, -0.25) is 14.4 Å². The van der Waals surface area contributed by atoms with E-state index < -0.39 is 6.10 Å². The molecule has 79 heavy (non-hydrogen) atoms. The zero-order chi connectivity index (χ0) is 57.1. The van der Waals surface area contributed by atoms with Crippen LogP contribution in [0.2, 0.25) is 0 Å². The van der Waals surface area contributed by atoms with Crippen molar-refractivity contribution in [3.8, 4) is 0 Å². The zero-order valence-electron chi connectivity index (χ0n) is 52.1. The second-order valence-corrected chi connectivity index (χ2v) is 22.4. The van der Waals surface area contributed by atoms with Gasteiger partial charge in [0.15, 0.2) is 6.10 Å². The van der Waals surface area contributed by atoms with Crippen LogP contribution in [0.3, 0.4) is 0 Å². The van der Waals surface area contributed by atoms with Gasteiger partial charge in [0.2, 0.25) is 0 Å². The normalized spacial score (nSPS) is 12.7. The van der Waals surface area contributed by atoms with Crippen LogP contribution in [0.15, 0.2) is 97.2 Å². The fraction of sp³-hybridized carbons (Fsp3) is 0.740. The Morgan fingerprint density at radius 2 is 0.494 bits per heavy atom. The van der Waals surface area contributed by atoms with Crippen LogP contribution < -0.4 is 0 Å². The maximum absolute atomic E-state index is 12.9. The summed E-state index contributed by atoms with van der Waals surface area (Å²) in [7, 11) is 0. The number of carbonyl (C=O) groups is 3. The van der Waals surface area contributed by atoms with Gasteiger partial charge in [-0.25, -0.2) is 0 Å². The van der Waals surface area contributed by atoms with Crippen molar-refractivity contribution in [2.75, 3.05) is 13.2 Å². The van der Waals surface area contributed by atoms with Crippen molar-refractivity contribution in [1.29, 1.82) is 0 Å². The highest BCUT2D eigenvalue weighted by molar-refractivity contribution is 5.71. The number of hydrogen-bond donors (Lipinski definition) is 0. The number of esters is 3. The zero-order valence-corrected chi connectivity index (χ0v) is 52.1. The molecule has 0 amide bonds. The highest BCUT2D eigenvalue weighted by Crippen LogP contribution is 2.17. The largest absolute Gasteiger partial charge is 0.462 e. The summed E-state index contributed by atoms with van der Waals surface area (Å²) < 4.78 is 16.9. The molecule has 0 N–H and O–H groups in total. The molecule has 0 fully saturated rings. The van der Waals surface area contributed by atoms with E-state index in [0.29, 0.717) is 19.3 Å². The molecule has 0 rings (SSSR count). The van der Waals surface area contributed by atoms with Gasteiger partial charge >= 0.3 is 17.9 Å². The molecule has 1 atom stereocenters. The lowest BCUT2D eigenvalue weighted by Crippen LogP contribution is -2.30. The van der Waals surface area contributed by atoms with E-state index in [1.807, 2.05) is 0 Å². The van der Waals surface area contributed by atoms with Crippen molar-refractivity contribution in [2.24, 2.45) is 0 Å². The molecule has 0 saturated heterocycles. The molecule has 0 aromatic heterocycles. The Balaban J connectivity index is 4.20. The van der Waals surface area contributed by atoms with Crippen LogP contribution in [0.25, 0.3) is 0 Å². The monoisotopic (exact) mass is 1100 g/mol.